The van der Waals surface area contributed by atoms with Crippen LogP contribution in [0.1, 0.15) is 12.0 Å². The highest BCUT2D eigenvalue weighted by molar-refractivity contribution is 5.72. The maximum atomic E-state index is 10.8. The summed E-state index contributed by atoms with van der Waals surface area (Å²) in [6.07, 6.45) is 3.91. The van der Waals surface area contributed by atoms with Gasteiger partial charge in [0.2, 0.25) is 0 Å². The first-order valence-electron chi connectivity index (χ1n) is 4.63. The van der Waals surface area contributed by atoms with E-state index in [9.17, 15) is 4.79 Å². The Labute approximate surface area is 89.3 Å². The van der Waals surface area contributed by atoms with E-state index in [0.717, 1.165) is 11.3 Å². The first-order chi connectivity index (χ1) is 7.26. The average Bonchev–Trinajstić information content (AvgIpc) is 2.29. The molecule has 0 fully saturated rings. The van der Waals surface area contributed by atoms with Gasteiger partial charge in [0.25, 0.3) is 0 Å². The fourth-order valence-corrected chi connectivity index (χ4v) is 1.12. The van der Waals surface area contributed by atoms with Crippen LogP contribution in [0.25, 0.3) is 6.08 Å². The lowest BCUT2D eigenvalue weighted by Crippen LogP contribution is -1.96. The van der Waals surface area contributed by atoms with Gasteiger partial charge in [-0.1, -0.05) is 24.3 Å². The molecule has 0 bridgehead atoms. The van der Waals surface area contributed by atoms with Gasteiger partial charge in [-0.05, 0) is 17.7 Å². The Morgan fingerprint density at radius 3 is 2.87 bits per heavy atom. The molecule has 0 saturated carbocycles. The predicted molar refractivity (Wildman–Crippen MR) is 58.7 cm³/mol. The van der Waals surface area contributed by atoms with Crippen molar-refractivity contribution in [2.24, 2.45) is 0 Å². The van der Waals surface area contributed by atoms with Crippen LogP contribution in [-0.2, 0) is 9.53 Å². The van der Waals surface area contributed by atoms with E-state index in [1.807, 2.05) is 30.3 Å². The second-order valence-corrected chi connectivity index (χ2v) is 2.96. The molecule has 0 N–H and O–H groups in total. The van der Waals surface area contributed by atoms with Gasteiger partial charge in [-0.2, -0.15) is 0 Å². The smallest absolute Gasteiger partial charge is 0.309 e. The van der Waals surface area contributed by atoms with Crippen LogP contribution in [-0.4, -0.2) is 20.2 Å². The van der Waals surface area contributed by atoms with Crippen molar-refractivity contribution in [3.63, 3.8) is 0 Å². The summed E-state index contributed by atoms with van der Waals surface area (Å²) in [5.74, 6) is 0.560. The first kappa shape index (κ1) is 11.3. The highest BCUT2D eigenvalue weighted by Crippen LogP contribution is 2.13. The van der Waals surface area contributed by atoms with Crippen LogP contribution < -0.4 is 4.74 Å². The van der Waals surface area contributed by atoms with E-state index in [4.69, 9.17) is 4.74 Å². The maximum absolute atomic E-state index is 10.8. The molecule has 1 aromatic rings. The van der Waals surface area contributed by atoms with E-state index < -0.39 is 0 Å². The molecule has 0 aliphatic heterocycles. The van der Waals surface area contributed by atoms with E-state index in [0.29, 0.717) is 0 Å². The number of ether oxygens (including phenoxy) is 2. The van der Waals surface area contributed by atoms with Crippen molar-refractivity contribution in [1.82, 2.24) is 0 Å². The molecule has 0 heterocycles. The monoisotopic (exact) mass is 206 g/mol. The summed E-state index contributed by atoms with van der Waals surface area (Å²) in [6, 6.07) is 7.61. The largest absolute Gasteiger partial charge is 0.497 e. The fraction of sp³-hybridized carbons (Fsp3) is 0.250. The van der Waals surface area contributed by atoms with Gasteiger partial charge >= 0.3 is 5.97 Å². The number of hydrogen-bond donors (Lipinski definition) is 0. The molecule has 0 radical (unpaired) electrons. The van der Waals surface area contributed by atoms with Crippen molar-refractivity contribution in [2.75, 3.05) is 14.2 Å². The second kappa shape index (κ2) is 5.86. The van der Waals surface area contributed by atoms with E-state index in [2.05, 4.69) is 4.74 Å². The fourth-order valence-electron chi connectivity index (χ4n) is 1.12. The van der Waals surface area contributed by atoms with Crippen LogP contribution in [0.5, 0.6) is 5.75 Å². The van der Waals surface area contributed by atoms with Crippen molar-refractivity contribution >= 4 is 12.0 Å². The lowest BCUT2D eigenvalue weighted by molar-refractivity contribution is -0.139. The molecule has 15 heavy (non-hydrogen) atoms. The lowest BCUT2D eigenvalue weighted by atomic mass is 10.2. The minimum Gasteiger partial charge on any atom is -0.497 e. The summed E-state index contributed by atoms with van der Waals surface area (Å²) >= 11 is 0. The Morgan fingerprint density at radius 1 is 1.40 bits per heavy atom. The van der Waals surface area contributed by atoms with Gasteiger partial charge < -0.3 is 9.47 Å². The molecular weight excluding hydrogens is 192 g/mol. The molecule has 3 heteroatoms. The molecule has 0 amide bonds. The minimum atomic E-state index is -0.242. The Morgan fingerprint density at radius 2 is 2.20 bits per heavy atom. The number of esters is 1. The van der Waals surface area contributed by atoms with Gasteiger partial charge in [-0.25, -0.2) is 0 Å². The van der Waals surface area contributed by atoms with E-state index in [-0.39, 0.29) is 12.4 Å². The molecule has 0 atom stereocenters. The second-order valence-electron chi connectivity index (χ2n) is 2.96. The van der Waals surface area contributed by atoms with Crippen molar-refractivity contribution in [3.8, 4) is 5.75 Å². The van der Waals surface area contributed by atoms with Crippen LogP contribution >= 0.6 is 0 Å². The van der Waals surface area contributed by atoms with Crippen molar-refractivity contribution in [2.45, 2.75) is 6.42 Å². The molecule has 0 aliphatic carbocycles. The minimum absolute atomic E-state index is 0.242. The quantitative estimate of drug-likeness (QED) is 0.709. The molecule has 3 nitrogen and oxygen atoms in total. The number of rotatable bonds is 4. The molecule has 0 spiro atoms. The molecular formula is C12H14O3. The lowest BCUT2D eigenvalue weighted by Gasteiger charge is -1.99. The Hall–Kier alpha value is -1.77. The van der Waals surface area contributed by atoms with Crippen LogP contribution in [0.15, 0.2) is 30.3 Å². The third kappa shape index (κ3) is 3.85. The highest BCUT2D eigenvalue weighted by Gasteiger charge is 1.95. The summed E-state index contributed by atoms with van der Waals surface area (Å²) in [5, 5.41) is 0. The zero-order valence-corrected chi connectivity index (χ0v) is 8.90. The molecule has 0 saturated heterocycles. The SMILES string of the molecule is COC(=O)C/C=C/c1cccc(OC)c1. The first-order valence-corrected chi connectivity index (χ1v) is 4.63. The van der Waals surface area contributed by atoms with E-state index >= 15 is 0 Å². The normalized spacial score (nSPS) is 10.3. The highest BCUT2D eigenvalue weighted by atomic mass is 16.5. The number of carbonyl (C=O) groups is 1. The molecule has 0 aromatic heterocycles. The van der Waals surface area contributed by atoms with Crippen LogP contribution in [0.4, 0.5) is 0 Å². The van der Waals surface area contributed by atoms with Gasteiger partial charge in [0.05, 0.1) is 20.6 Å². The van der Waals surface area contributed by atoms with Crippen molar-refractivity contribution < 1.29 is 14.3 Å². The van der Waals surface area contributed by atoms with Crippen LogP contribution in [0, 0.1) is 0 Å². The molecule has 80 valence electrons. The van der Waals surface area contributed by atoms with Gasteiger partial charge in [0.1, 0.15) is 5.75 Å². The number of methoxy groups -OCH3 is 2. The van der Waals surface area contributed by atoms with Crippen LogP contribution in [0.2, 0.25) is 0 Å². The topological polar surface area (TPSA) is 35.5 Å². The third-order valence-electron chi connectivity index (χ3n) is 1.92. The molecule has 0 unspecified atom stereocenters. The number of carbonyl (C=O) groups excluding carboxylic acids is 1. The van der Waals surface area contributed by atoms with Crippen molar-refractivity contribution in [3.05, 3.63) is 35.9 Å². The summed E-state index contributed by atoms with van der Waals surface area (Å²) in [7, 11) is 3.00. The predicted octanol–water partition coefficient (Wildman–Crippen LogP) is 2.27. The van der Waals surface area contributed by atoms with Gasteiger partial charge in [0.15, 0.2) is 0 Å². The van der Waals surface area contributed by atoms with Gasteiger partial charge in [-0.15, -0.1) is 0 Å². The molecule has 1 aromatic carbocycles. The summed E-state index contributed by atoms with van der Waals surface area (Å²) in [4.78, 5) is 10.8. The number of hydrogen-bond acceptors (Lipinski definition) is 3. The van der Waals surface area contributed by atoms with Gasteiger partial charge in [-0.3, -0.25) is 4.79 Å². The molecule has 0 aliphatic rings. The maximum Gasteiger partial charge on any atom is 0.309 e. The third-order valence-corrected chi connectivity index (χ3v) is 1.92. The summed E-state index contributed by atoms with van der Waals surface area (Å²) in [6.45, 7) is 0. The van der Waals surface area contributed by atoms with E-state index in [1.165, 1.54) is 7.11 Å². The Balaban J connectivity index is 2.59. The van der Waals surface area contributed by atoms with Crippen LogP contribution in [0.3, 0.4) is 0 Å². The zero-order chi connectivity index (χ0) is 11.1. The number of benzene rings is 1. The average molecular weight is 206 g/mol. The van der Waals surface area contributed by atoms with Crippen molar-refractivity contribution in [1.29, 1.82) is 0 Å². The zero-order valence-electron chi connectivity index (χ0n) is 8.90. The van der Waals surface area contributed by atoms with E-state index in [1.54, 1.807) is 13.2 Å². The summed E-state index contributed by atoms with van der Waals surface area (Å²) in [5.41, 5.74) is 0.998. The summed E-state index contributed by atoms with van der Waals surface area (Å²) < 4.78 is 9.60. The Bertz CT molecular complexity index is 356. The molecule has 1 rings (SSSR count). The standard InChI is InChI=1S/C12H14O3/c1-14-11-7-3-5-10(9-11)6-4-8-12(13)15-2/h3-7,9H,8H2,1-2H3/b6-4+. The van der Waals surface area contributed by atoms with Gasteiger partial charge in [0, 0.05) is 0 Å². The Kier molecular flexibility index (Phi) is 4.41.